The maximum absolute atomic E-state index is 8.84. The Bertz CT molecular complexity index is 872. The highest BCUT2D eigenvalue weighted by molar-refractivity contribution is 6.35. The number of pyridine rings is 1. The molecule has 0 bridgehead atoms. The van der Waals surface area contributed by atoms with E-state index in [0.29, 0.717) is 16.5 Å². The average molecular weight is 407 g/mol. The number of hydrogen-bond acceptors (Lipinski definition) is 5. The summed E-state index contributed by atoms with van der Waals surface area (Å²) in [5, 5.41) is 12.7. The van der Waals surface area contributed by atoms with Crippen molar-refractivity contribution in [2.24, 2.45) is 11.1 Å². The zero-order valence-electron chi connectivity index (χ0n) is 15.0. The lowest BCUT2D eigenvalue weighted by atomic mass is 9.91. The first-order chi connectivity index (χ1) is 12.9. The number of aromatic nitrogens is 1. The van der Waals surface area contributed by atoms with Crippen molar-refractivity contribution >= 4 is 35.5 Å². The molecule has 1 aromatic carbocycles. The molecule has 27 heavy (non-hydrogen) atoms. The normalized spacial score (nSPS) is 21.0. The Hall–Kier alpha value is -2.08. The Morgan fingerprint density at radius 3 is 2.81 bits per heavy atom. The number of fused-ring (bicyclic) bond motifs is 1. The number of ether oxygens (including phenoxy) is 2. The summed E-state index contributed by atoms with van der Waals surface area (Å²) in [7, 11) is 0. The molecule has 0 aliphatic heterocycles. The average Bonchev–Trinajstić information content (AvgIpc) is 2.65. The van der Waals surface area contributed by atoms with Crippen molar-refractivity contribution in [3.63, 3.8) is 0 Å². The monoisotopic (exact) mass is 406 g/mol. The number of halogens is 2. The van der Waals surface area contributed by atoms with E-state index in [9.17, 15) is 0 Å². The van der Waals surface area contributed by atoms with Gasteiger partial charge in [0, 0.05) is 30.3 Å². The van der Waals surface area contributed by atoms with Crippen LogP contribution in [0.4, 0.5) is 0 Å². The van der Waals surface area contributed by atoms with E-state index in [1.54, 1.807) is 6.07 Å². The highest BCUT2D eigenvalue weighted by atomic mass is 35.5. The van der Waals surface area contributed by atoms with Crippen LogP contribution in [0.25, 0.3) is 6.08 Å². The van der Waals surface area contributed by atoms with Gasteiger partial charge in [0.2, 0.25) is 11.7 Å². The Kier molecular flexibility index (Phi) is 6.05. The quantitative estimate of drug-likeness (QED) is 0.296. The van der Waals surface area contributed by atoms with E-state index in [-0.39, 0.29) is 17.9 Å². The van der Waals surface area contributed by atoms with Crippen LogP contribution in [0.5, 0.6) is 5.88 Å². The van der Waals surface area contributed by atoms with Crippen LogP contribution < -0.4 is 4.74 Å². The molecule has 0 radical (unpaired) electrons. The fourth-order valence-electron chi connectivity index (χ4n) is 2.94. The Morgan fingerprint density at radius 1 is 1.30 bits per heavy atom. The van der Waals surface area contributed by atoms with Crippen LogP contribution in [-0.4, -0.2) is 22.5 Å². The van der Waals surface area contributed by atoms with Gasteiger partial charge in [-0.3, -0.25) is 0 Å². The Labute approximate surface area is 168 Å². The van der Waals surface area contributed by atoms with Crippen molar-refractivity contribution in [2.45, 2.75) is 32.2 Å². The van der Waals surface area contributed by atoms with E-state index >= 15 is 0 Å². The maximum atomic E-state index is 8.84. The first kappa shape index (κ1) is 19.7. The van der Waals surface area contributed by atoms with Crippen LogP contribution in [0, 0.1) is 5.92 Å². The summed E-state index contributed by atoms with van der Waals surface area (Å²) in [6.45, 7) is 3.80. The lowest BCUT2D eigenvalue weighted by molar-refractivity contribution is -0.222. The molecule has 2 aromatic rings. The minimum Gasteiger partial charge on any atom is -0.439 e. The SMILES string of the molecule is CC(/C=N\O)C(C)OC1(Oc2ncc(Cl)cc2Cl)CC=Cc2ccccc21. The van der Waals surface area contributed by atoms with E-state index < -0.39 is 5.79 Å². The third-order valence-corrected chi connectivity index (χ3v) is 4.99. The summed E-state index contributed by atoms with van der Waals surface area (Å²) in [5.74, 6) is -1.02. The second-order valence-corrected chi connectivity index (χ2v) is 7.28. The van der Waals surface area contributed by atoms with Crippen molar-refractivity contribution in [1.29, 1.82) is 0 Å². The molecule has 1 heterocycles. The molecule has 3 unspecified atom stereocenters. The number of rotatable bonds is 6. The van der Waals surface area contributed by atoms with Gasteiger partial charge >= 0.3 is 0 Å². The van der Waals surface area contributed by atoms with Crippen molar-refractivity contribution in [2.75, 3.05) is 0 Å². The molecule has 0 amide bonds. The molecule has 1 aliphatic rings. The van der Waals surface area contributed by atoms with Gasteiger partial charge in [0.1, 0.15) is 5.02 Å². The topological polar surface area (TPSA) is 63.9 Å². The molecule has 1 N–H and O–H groups in total. The van der Waals surface area contributed by atoms with Crippen LogP contribution >= 0.6 is 23.2 Å². The van der Waals surface area contributed by atoms with Crippen LogP contribution in [0.1, 0.15) is 31.4 Å². The molecule has 142 valence electrons. The summed E-state index contributed by atoms with van der Waals surface area (Å²) >= 11 is 12.2. The van der Waals surface area contributed by atoms with Gasteiger partial charge in [0.25, 0.3) is 0 Å². The second kappa shape index (κ2) is 8.30. The van der Waals surface area contributed by atoms with Crippen LogP contribution in [0.15, 0.2) is 47.8 Å². The zero-order valence-corrected chi connectivity index (χ0v) is 16.5. The summed E-state index contributed by atoms with van der Waals surface area (Å²) < 4.78 is 12.7. The number of oxime groups is 1. The van der Waals surface area contributed by atoms with Gasteiger partial charge in [-0.2, -0.15) is 0 Å². The Morgan fingerprint density at radius 2 is 2.07 bits per heavy atom. The highest BCUT2D eigenvalue weighted by Crippen LogP contribution is 2.41. The van der Waals surface area contributed by atoms with Gasteiger partial charge in [0.15, 0.2) is 0 Å². The van der Waals surface area contributed by atoms with Gasteiger partial charge in [-0.1, -0.05) is 66.5 Å². The molecule has 3 rings (SSSR count). The number of nitrogens with zero attached hydrogens (tertiary/aromatic N) is 2. The summed E-state index contributed by atoms with van der Waals surface area (Å²) in [6.07, 6.45) is 7.09. The van der Waals surface area contributed by atoms with Gasteiger partial charge < -0.3 is 14.7 Å². The first-order valence-corrected chi connectivity index (χ1v) is 9.32. The van der Waals surface area contributed by atoms with Crippen molar-refractivity contribution in [3.8, 4) is 5.88 Å². The second-order valence-electron chi connectivity index (χ2n) is 6.44. The third-order valence-electron chi connectivity index (χ3n) is 4.51. The van der Waals surface area contributed by atoms with E-state index in [4.69, 9.17) is 37.9 Å². The molecule has 0 saturated carbocycles. The predicted octanol–water partition coefficient (Wildman–Crippen LogP) is 5.54. The number of hydrogen-bond donors (Lipinski definition) is 1. The maximum Gasteiger partial charge on any atom is 0.243 e. The van der Waals surface area contributed by atoms with Gasteiger partial charge in [-0.05, 0) is 18.6 Å². The molecule has 5 nitrogen and oxygen atoms in total. The fraction of sp³-hybridized carbons (Fsp3) is 0.300. The van der Waals surface area contributed by atoms with E-state index in [1.807, 2.05) is 50.3 Å². The van der Waals surface area contributed by atoms with Gasteiger partial charge in [-0.25, -0.2) is 4.98 Å². The van der Waals surface area contributed by atoms with Crippen molar-refractivity contribution in [1.82, 2.24) is 4.98 Å². The summed E-state index contributed by atoms with van der Waals surface area (Å²) in [4.78, 5) is 4.22. The molecule has 3 atom stereocenters. The van der Waals surface area contributed by atoms with Crippen LogP contribution in [0.3, 0.4) is 0 Å². The molecular formula is C20H20Cl2N2O3. The predicted molar refractivity (Wildman–Crippen MR) is 107 cm³/mol. The Balaban J connectivity index is 2.03. The molecule has 0 saturated heterocycles. The zero-order chi connectivity index (χ0) is 19.4. The number of benzene rings is 1. The molecular weight excluding hydrogens is 387 g/mol. The van der Waals surface area contributed by atoms with E-state index in [2.05, 4.69) is 10.1 Å². The summed E-state index contributed by atoms with van der Waals surface area (Å²) in [5.41, 5.74) is 1.87. The van der Waals surface area contributed by atoms with Gasteiger partial charge in [-0.15, -0.1) is 5.16 Å². The molecule has 0 fully saturated rings. The lowest BCUT2D eigenvalue weighted by Gasteiger charge is -2.39. The highest BCUT2D eigenvalue weighted by Gasteiger charge is 2.41. The minimum atomic E-state index is -1.12. The van der Waals surface area contributed by atoms with Crippen molar-refractivity contribution < 1.29 is 14.7 Å². The smallest absolute Gasteiger partial charge is 0.243 e. The lowest BCUT2D eigenvalue weighted by Crippen LogP contribution is -2.42. The standard InChI is InChI=1S/C20H20Cl2N2O3/c1-13(11-24-25)14(2)26-20(27-19-18(22)10-16(21)12-23-19)9-5-7-15-6-3-4-8-17(15)20/h3-8,10-14,25H,9H2,1-2H3/b24-11-. The van der Waals surface area contributed by atoms with Crippen molar-refractivity contribution in [3.05, 3.63) is 63.8 Å². The van der Waals surface area contributed by atoms with Gasteiger partial charge in [0.05, 0.1) is 11.1 Å². The molecule has 0 spiro atoms. The van der Waals surface area contributed by atoms with E-state index in [1.165, 1.54) is 12.4 Å². The fourth-order valence-corrected chi connectivity index (χ4v) is 3.36. The third kappa shape index (κ3) is 4.26. The van der Waals surface area contributed by atoms with Crippen LogP contribution in [-0.2, 0) is 10.5 Å². The largest absolute Gasteiger partial charge is 0.439 e. The molecule has 1 aromatic heterocycles. The minimum absolute atomic E-state index is 0.137. The summed E-state index contributed by atoms with van der Waals surface area (Å²) in [6, 6.07) is 9.41. The first-order valence-electron chi connectivity index (χ1n) is 8.56. The molecule has 7 heteroatoms. The molecule has 1 aliphatic carbocycles. The van der Waals surface area contributed by atoms with E-state index in [0.717, 1.165) is 11.1 Å². The van der Waals surface area contributed by atoms with Crippen LogP contribution in [0.2, 0.25) is 10.0 Å².